The Hall–Kier alpha value is -1.01. The van der Waals surface area contributed by atoms with E-state index >= 15 is 0 Å². The summed E-state index contributed by atoms with van der Waals surface area (Å²) in [5, 5.41) is 3.20. The fourth-order valence-corrected chi connectivity index (χ4v) is 1.83. The van der Waals surface area contributed by atoms with Gasteiger partial charge in [0.05, 0.1) is 19.4 Å². The van der Waals surface area contributed by atoms with Gasteiger partial charge in [-0.05, 0) is 19.9 Å². The Balaban J connectivity index is 2.71. The third kappa shape index (κ3) is 5.96. The largest absolute Gasteiger partial charge is 0.468 e. The monoisotopic (exact) mass is 292 g/mol. The molecule has 1 aromatic rings. The first-order chi connectivity index (χ1) is 9.19. The topological polar surface area (TPSA) is 28.4 Å². The van der Waals surface area contributed by atoms with Gasteiger partial charge < -0.3 is 9.73 Å². The lowest BCUT2D eigenvalue weighted by Gasteiger charge is -2.27. The third-order valence-corrected chi connectivity index (χ3v) is 2.99. The molecule has 0 aliphatic carbocycles. The molecule has 0 atom stereocenters. The lowest BCUT2D eigenvalue weighted by Crippen LogP contribution is -2.38. The molecule has 116 valence electrons. The molecule has 0 amide bonds. The molecule has 20 heavy (non-hydrogen) atoms. The molecular formula is C14H23F3N2O. The van der Waals surface area contributed by atoms with Crippen LogP contribution in [0.5, 0.6) is 0 Å². The van der Waals surface area contributed by atoms with Crippen molar-refractivity contribution in [1.29, 1.82) is 0 Å². The molecule has 0 fully saturated rings. The second-order valence-electron chi connectivity index (χ2n) is 5.52. The Bertz CT molecular complexity index is 399. The fraction of sp³-hybridized carbons (Fsp3) is 0.714. The van der Waals surface area contributed by atoms with Crippen molar-refractivity contribution in [3.8, 4) is 0 Å². The lowest BCUT2D eigenvalue weighted by atomic mass is 10.2. The van der Waals surface area contributed by atoms with Crippen molar-refractivity contribution in [2.75, 3.05) is 6.54 Å². The average molecular weight is 292 g/mol. The first-order valence-corrected chi connectivity index (χ1v) is 6.78. The van der Waals surface area contributed by atoms with Gasteiger partial charge >= 0.3 is 6.18 Å². The molecule has 0 aliphatic rings. The molecule has 0 bridgehead atoms. The van der Waals surface area contributed by atoms with E-state index in [0.29, 0.717) is 18.3 Å². The lowest BCUT2D eigenvalue weighted by molar-refractivity contribution is -0.150. The highest BCUT2D eigenvalue weighted by molar-refractivity contribution is 5.17. The molecule has 0 radical (unpaired) electrons. The predicted molar refractivity (Wildman–Crippen MR) is 72.3 cm³/mol. The smallest absolute Gasteiger partial charge is 0.401 e. The first kappa shape index (κ1) is 17.0. The quantitative estimate of drug-likeness (QED) is 0.833. The summed E-state index contributed by atoms with van der Waals surface area (Å²) in [5.41, 5.74) is 0.802. The molecule has 3 nitrogen and oxygen atoms in total. The Morgan fingerprint density at radius 2 is 1.90 bits per heavy atom. The van der Waals surface area contributed by atoms with Crippen molar-refractivity contribution in [2.24, 2.45) is 0 Å². The zero-order chi connectivity index (χ0) is 15.3. The van der Waals surface area contributed by atoms with E-state index in [9.17, 15) is 13.2 Å². The van der Waals surface area contributed by atoms with Gasteiger partial charge in [-0.2, -0.15) is 13.2 Å². The van der Waals surface area contributed by atoms with Gasteiger partial charge in [-0.1, -0.05) is 13.8 Å². The van der Waals surface area contributed by atoms with Crippen molar-refractivity contribution in [1.82, 2.24) is 10.2 Å². The summed E-state index contributed by atoms with van der Waals surface area (Å²) in [7, 11) is 0. The van der Waals surface area contributed by atoms with Crippen LogP contribution in [0, 0.1) is 0 Å². The summed E-state index contributed by atoms with van der Waals surface area (Å²) >= 11 is 0. The van der Waals surface area contributed by atoms with Crippen molar-refractivity contribution in [3.05, 3.63) is 23.7 Å². The number of hydrogen-bond acceptors (Lipinski definition) is 3. The summed E-state index contributed by atoms with van der Waals surface area (Å²) in [6.07, 6.45) is -2.66. The molecular weight excluding hydrogens is 269 g/mol. The van der Waals surface area contributed by atoms with Crippen LogP contribution in [-0.2, 0) is 13.1 Å². The number of nitrogens with one attached hydrogen (secondary N) is 1. The van der Waals surface area contributed by atoms with Gasteiger partial charge in [0.25, 0.3) is 0 Å². The van der Waals surface area contributed by atoms with Gasteiger partial charge in [0.1, 0.15) is 5.76 Å². The molecule has 6 heteroatoms. The molecule has 0 aliphatic heterocycles. The van der Waals surface area contributed by atoms with Crippen LogP contribution in [0.2, 0.25) is 0 Å². The number of alkyl halides is 3. The average Bonchev–Trinajstić information content (AvgIpc) is 2.71. The minimum atomic E-state index is -4.19. The maximum absolute atomic E-state index is 12.6. The van der Waals surface area contributed by atoms with Crippen LogP contribution in [0.1, 0.15) is 39.0 Å². The fourth-order valence-electron chi connectivity index (χ4n) is 1.83. The van der Waals surface area contributed by atoms with E-state index in [0.717, 1.165) is 5.56 Å². The van der Waals surface area contributed by atoms with Gasteiger partial charge in [-0.15, -0.1) is 0 Å². The van der Waals surface area contributed by atoms with Crippen molar-refractivity contribution >= 4 is 0 Å². The van der Waals surface area contributed by atoms with Crippen LogP contribution in [0.15, 0.2) is 16.7 Å². The number of hydrogen-bond donors (Lipinski definition) is 1. The molecule has 1 heterocycles. The second-order valence-corrected chi connectivity index (χ2v) is 5.52. The number of halogens is 3. The normalized spacial score (nSPS) is 12.9. The second kappa shape index (κ2) is 7.13. The van der Waals surface area contributed by atoms with Crippen LogP contribution in [-0.4, -0.2) is 29.7 Å². The van der Waals surface area contributed by atoms with Crippen molar-refractivity contribution < 1.29 is 17.6 Å². The summed E-state index contributed by atoms with van der Waals surface area (Å²) in [4.78, 5) is 1.39. The van der Waals surface area contributed by atoms with Crippen molar-refractivity contribution in [2.45, 2.75) is 59.0 Å². The van der Waals surface area contributed by atoms with Crippen LogP contribution in [0.25, 0.3) is 0 Å². The van der Waals surface area contributed by atoms with E-state index in [-0.39, 0.29) is 12.6 Å². The number of rotatable bonds is 7. The standard InChI is InChI=1S/C14H23F3N2O/c1-10(2)18-7-13-12(5-6-20-13)8-19(11(3)4)9-14(15,16)17/h5-6,10-11,18H,7-9H2,1-4H3. The zero-order valence-corrected chi connectivity index (χ0v) is 12.4. The van der Waals surface area contributed by atoms with E-state index in [1.165, 1.54) is 11.2 Å². The van der Waals surface area contributed by atoms with E-state index in [4.69, 9.17) is 4.42 Å². The molecule has 0 aromatic carbocycles. The molecule has 1 N–H and O–H groups in total. The zero-order valence-electron chi connectivity index (χ0n) is 12.4. The number of furan rings is 1. The van der Waals surface area contributed by atoms with Crippen LogP contribution < -0.4 is 5.32 Å². The summed E-state index contributed by atoms with van der Waals surface area (Å²) in [6.45, 7) is 7.39. The Kier molecular flexibility index (Phi) is 6.07. The van der Waals surface area contributed by atoms with E-state index in [2.05, 4.69) is 5.32 Å². The maximum Gasteiger partial charge on any atom is 0.401 e. The highest BCUT2D eigenvalue weighted by atomic mass is 19.4. The molecule has 0 spiro atoms. The predicted octanol–water partition coefficient (Wildman–Crippen LogP) is 3.55. The molecule has 0 saturated heterocycles. The summed E-state index contributed by atoms with van der Waals surface area (Å²) < 4.78 is 43.1. The van der Waals surface area contributed by atoms with Crippen LogP contribution >= 0.6 is 0 Å². The summed E-state index contributed by atoms with van der Waals surface area (Å²) in [6, 6.07) is 1.85. The van der Waals surface area contributed by atoms with Gasteiger partial charge in [-0.3, -0.25) is 4.90 Å². The van der Waals surface area contributed by atoms with Crippen LogP contribution in [0.4, 0.5) is 13.2 Å². The molecule has 1 rings (SSSR count). The highest BCUT2D eigenvalue weighted by Gasteiger charge is 2.32. The van der Waals surface area contributed by atoms with E-state index in [1.54, 1.807) is 19.9 Å². The maximum atomic E-state index is 12.6. The molecule has 1 aromatic heterocycles. The van der Waals surface area contributed by atoms with Gasteiger partial charge in [0.15, 0.2) is 0 Å². The van der Waals surface area contributed by atoms with E-state index in [1.807, 2.05) is 13.8 Å². The Morgan fingerprint density at radius 3 is 2.40 bits per heavy atom. The highest BCUT2D eigenvalue weighted by Crippen LogP contribution is 2.21. The minimum absolute atomic E-state index is 0.183. The SMILES string of the molecule is CC(C)NCc1occc1CN(CC(F)(F)F)C(C)C. The molecule has 0 saturated carbocycles. The minimum Gasteiger partial charge on any atom is -0.468 e. The van der Waals surface area contributed by atoms with Crippen LogP contribution in [0.3, 0.4) is 0 Å². The number of nitrogens with zero attached hydrogens (tertiary/aromatic N) is 1. The summed E-state index contributed by atoms with van der Waals surface area (Å²) in [5.74, 6) is 0.700. The Labute approximate surface area is 118 Å². The van der Waals surface area contributed by atoms with Gasteiger partial charge in [0, 0.05) is 24.2 Å². The molecule has 0 unspecified atom stereocenters. The van der Waals surface area contributed by atoms with Crippen molar-refractivity contribution in [3.63, 3.8) is 0 Å². The first-order valence-electron chi connectivity index (χ1n) is 6.78. The van der Waals surface area contributed by atoms with Gasteiger partial charge in [-0.25, -0.2) is 0 Å². The Morgan fingerprint density at radius 1 is 1.25 bits per heavy atom. The van der Waals surface area contributed by atoms with E-state index < -0.39 is 12.7 Å². The third-order valence-electron chi connectivity index (χ3n) is 2.99. The van der Waals surface area contributed by atoms with Gasteiger partial charge in [0.2, 0.25) is 0 Å².